The fourth-order valence-electron chi connectivity index (χ4n) is 0. The lowest BCUT2D eigenvalue weighted by molar-refractivity contribution is 0.790. The zero-order valence-corrected chi connectivity index (χ0v) is 4.21. The van der Waals surface area contributed by atoms with Crippen LogP contribution in [-0.4, -0.2) is 10.2 Å². The highest BCUT2D eigenvalue weighted by Crippen LogP contribution is 1.85. The summed E-state index contributed by atoms with van der Waals surface area (Å²) in [6.45, 7) is 0. The monoisotopic (exact) mass is 126 g/mol. The quantitative estimate of drug-likeness (QED) is 0.386. The minimum atomic E-state index is -1.34. The zero-order valence-electron chi connectivity index (χ0n) is 2.57. The van der Waals surface area contributed by atoms with Crippen LogP contribution in [-0.2, 0) is 0 Å². The van der Waals surface area contributed by atoms with Crippen LogP contribution in [0.3, 0.4) is 0 Å². The Balaban J connectivity index is 3.57. The van der Waals surface area contributed by atoms with Gasteiger partial charge in [0, 0.05) is 0 Å². The second-order valence-corrected chi connectivity index (χ2v) is 1.26. The van der Waals surface area contributed by atoms with Gasteiger partial charge in [-0.3, -0.25) is 0 Å². The van der Waals surface area contributed by atoms with Crippen LogP contribution in [0.25, 0.3) is 0 Å². The van der Waals surface area contributed by atoms with Gasteiger partial charge in [0.15, 0.2) is 0 Å². The summed E-state index contributed by atoms with van der Waals surface area (Å²) in [4.78, 5) is 0. The molecular formula is C2F2S2. The third kappa shape index (κ3) is 2.29. The Morgan fingerprint density at radius 2 is 1.17 bits per heavy atom. The molecule has 0 aromatic carbocycles. The summed E-state index contributed by atoms with van der Waals surface area (Å²) in [5, 5.41) is -2.69. The average Bonchev–Trinajstić information content (AvgIpc) is 1.36. The summed E-state index contributed by atoms with van der Waals surface area (Å²) in [6, 6.07) is 0. The van der Waals surface area contributed by atoms with Gasteiger partial charge in [-0.2, -0.15) is 8.78 Å². The second kappa shape index (κ2) is 2.25. The summed E-state index contributed by atoms with van der Waals surface area (Å²) >= 11 is 7.27. The largest absolute Gasteiger partial charge is 0.233 e. The molecule has 0 amide bonds. The Morgan fingerprint density at radius 1 is 1.00 bits per heavy atom. The van der Waals surface area contributed by atoms with E-state index in [4.69, 9.17) is 0 Å². The SMILES string of the molecule is FC(=S)C(F)=S. The smallest absolute Gasteiger partial charge is 0.190 e. The highest BCUT2D eigenvalue weighted by atomic mass is 32.1. The molecule has 0 N–H and O–H groups in total. The van der Waals surface area contributed by atoms with Gasteiger partial charge in [-0.15, -0.1) is 0 Å². The number of hydrogen-bond donors (Lipinski definition) is 0. The van der Waals surface area contributed by atoms with Gasteiger partial charge in [-0.25, -0.2) is 0 Å². The predicted octanol–water partition coefficient (Wildman–Crippen LogP) is 1.58. The third-order valence-corrected chi connectivity index (χ3v) is 0.642. The maximum absolute atomic E-state index is 11.0. The van der Waals surface area contributed by atoms with Gasteiger partial charge in [0.05, 0.1) is 0 Å². The lowest BCUT2D eigenvalue weighted by atomic mass is 10.9. The Morgan fingerprint density at radius 3 is 1.17 bits per heavy atom. The van der Waals surface area contributed by atoms with E-state index in [0.29, 0.717) is 0 Å². The molecule has 0 aliphatic rings. The van der Waals surface area contributed by atoms with Crippen molar-refractivity contribution in [2.75, 3.05) is 0 Å². The Bertz CT molecular complexity index is 75.5. The van der Waals surface area contributed by atoms with E-state index in [1.165, 1.54) is 0 Å². The van der Waals surface area contributed by atoms with E-state index >= 15 is 0 Å². The third-order valence-electron chi connectivity index (χ3n) is 0.155. The van der Waals surface area contributed by atoms with Crippen molar-refractivity contribution in [2.45, 2.75) is 0 Å². The van der Waals surface area contributed by atoms with Gasteiger partial charge in [0.2, 0.25) is 10.2 Å². The molecule has 0 aliphatic heterocycles. The molecule has 0 saturated heterocycles. The lowest BCUT2D eigenvalue weighted by Gasteiger charge is -1.72. The Kier molecular flexibility index (Phi) is 2.27. The molecule has 0 unspecified atom stereocenters. The van der Waals surface area contributed by atoms with Crippen LogP contribution >= 0.6 is 24.4 Å². The summed E-state index contributed by atoms with van der Waals surface area (Å²) in [5.41, 5.74) is 0. The van der Waals surface area contributed by atoms with Crippen molar-refractivity contribution < 1.29 is 8.78 Å². The topological polar surface area (TPSA) is 0 Å². The van der Waals surface area contributed by atoms with Crippen LogP contribution in [0.4, 0.5) is 8.78 Å². The molecule has 0 radical (unpaired) electrons. The number of halogens is 2. The molecule has 0 aliphatic carbocycles. The summed E-state index contributed by atoms with van der Waals surface area (Å²) in [7, 11) is 0. The number of hydrogen-bond acceptors (Lipinski definition) is 2. The maximum Gasteiger partial charge on any atom is 0.233 e. The summed E-state index contributed by atoms with van der Waals surface area (Å²) < 4.78 is 22.1. The van der Waals surface area contributed by atoms with Crippen molar-refractivity contribution in [1.29, 1.82) is 0 Å². The summed E-state index contributed by atoms with van der Waals surface area (Å²) in [5.74, 6) is 0. The first-order valence-electron chi connectivity index (χ1n) is 1.04. The summed E-state index contributed by atoms with van der Waals surface area (Å²) in [6.07, 6.45) is 0. The van der Waals surface area contributed by atoms with E-state index in [-0.39, 0.29) is 0 Å². The number of rotatable bonds is 1. The first-order valence-corrected chi connectivity index (χ1v) is 1.85. The van der Waals surface area contributed by atoms with Crippen LogP contribution in [0.15, 0.2) is 0 Å². The molecule has 6 heavy (non-hydrogen) atoms. The molecule has 0 saturated carbocycles. The van der Waals surface area contributed by atoms with Crippen molar-refractivity contribution in [3.8, 4) is 0 Å². The van der Waals surface area contributed by atoms with E-state index in [1.54, 1.807) is 0 Å². The standard InChI is InChI=1S/C2F2S2/c3-1(5)2(4)6. The molecule has 0 rings (SSSR count). The van der Waals surface area contributed by atoms with Crippen molar-refractivity contribution in [1.82, 2.24) is 0 Å². The minimum Gasteiger partial charge on any atom is -0.190 e. The van der Waals surface area contributed by atoms with Gasteiger partial charge in [0.1, 0.15) is 0 Å². The first kappa shape index (κ1) is 6.04. The van der Waals surface area contributed by atoms with Crippen LogP contribution in [0, 0.1) is 0 Å². The Labute approximate surface area is 44.2 Å². The van der Waals surface area contributed by atoms with Crippen LogP contribution in [0.1, 0.15) is 0 Å². The van der Waals surface area contributed by atoms with Crippen molar-refractivity contribution in [2.24, 2.45) is 0 Å². The van der Waals surface area contributed by atoms with E-state index in [1.807, 2.05) is 0 Å². The highest BCUT2D eigenvalue weighted by molar-refractivity contribution is 7.88. The van der Waals surface area contributed by atoms with E-state index in [0.717, 1.165) is 0 Å². The van der Waals surface area contributed by atoms with Crippen molar-refractivity contribution in [3.63, 3.8) is 0 Å². The Hall–Kier alpha value is 0.0400. The van der Waals surface area contributed by atoms with Crippen molar-refractivity contribution >= 4 is 34.7 Å². The molecule has 0 aromatic heterocycles. The maximum atomic E-state index is 11.0. The molecule has 0 bridgehead atoms. The van der Waals surface area contributed by atoms with Crippen LogP contribution in [0.2, 0.25) is 0 Å². The minimum absolute atomic E-state index is 1.34. The lowest BCUT2D eigenvalue weighted by Crippen LogP contribution is -1.90. The molecule has 4 heteroatoms. The molecule has 0 atom stereocenters. The highest BCUT2D eigenvalue weighted by Gasteiger charge is 1.95. The first-order chi connectivity index (χ1) is 2.64. The normalized spacial score (nSPS) is 7.67. The van der Waals surface area contributed by atoms with Gasteiger partial charge in [-0.1, -0.05) is 0 Å². The van der Waals surface area contributed by atoms with E-state index < -0.39 is 10.2 Å². The molecule has 0 aromatic rings. The van der Waals surface area contributed by atoms with Gasteiger partial charge < -0.3 is 0 Å². The molecule has 34 valence electrons. The van der Waals surface area contributed by atoms with Gasteiger partial charge in [0.25, 0.3) is 0 Å². The molecule has 0 nitrogen and oxygen atoms in total. The fourth-order valence-corrected chi connectivity index (χ4v) is 0. The molecular weight excluding hydrogens is 126 g/mol. The predicted molar refractivity (Wildman–Crippen MR) is 27.4 cm³/mol. The molecule has 0 fully saturated rings. The number of thiocarbonyl (C=S) groups is 2. The van der Waals surface area contributed by atoms with Crippen LogP contribution < -0.4 is 0 Å². The van der Waals surface area contributed by atoms with Crippen LogP contribution in [0.5, 0.6) is 0 Å². The van der Waals surface area contributed by atoms with Gasteiger partial charge in [-0.05, 0) is 24.4 Å². The van der Waals surface area contributed by atoms with E-state index in [9.17, 15) is 8.78 Å². The van der Waals surface area contributed by atoms with E-state index in [2.05, 4.69) is 24.4 Å². The molecule has 0 spiro atoms. The van der Waals surface area contributed by atoms with Gasteiger partial charge >= 0.3 is 0 Å². The zero-order chi connectivity index (χ0) is 5.15. The average molecular weight is 126 g/mol. The van der Waals surface area contributed by atoms with Crippen molar-refractivity contribution in [3.05, 3.63) is 0 Å². The second-order valence-electron chi connectivity index (χ2n) is 0.547. The fraction of sp³-hybridized carbons (Fsp3) is 0. The molecule has 0 heterocycles.